The zero-order valence-corrected chi connectivity index (χ0v) is 12.7. The van der Waals surface area contributed by atoms with Crippen LogP contribution >= 0.6 is 11.3 Å². The van der Waals surface area contributed by atoms with Gasteiger partial charge in [0.2, 0.25) is 0 Å². The number of aromatic nitrogens is 1. The highest BCUT2D eigenvalue weighted by molar-refractivity contribution is 7.13. The van der Waals surface area contributed by atoms with Crippen LogP contribution in [-0.2, 0) is 6.42 Å². The number of carbonyl (C=O) groups is 1. The fourth-order valence-corrected chi connectivity index (χ4v) is 3.17. The fourth-order valence-electron chi connectivity index (χ4n) is 2.23. The molecule has 0 aliphatic heterocycles. The van der Waals surface area contributed by atoms with Gasteiger partial charge in [0, 0.05) is 20.0 Å². The lowest BCUT2D eigenvalue weighted by Gasteiger charge is -2.14. The fraction of sp³-hybridized carbons (Fsp3) is 0.375. The number of rotatable bonds is 5. The Bertz CT molecular complexity index is 634. The third kappa shape index (κ3) is 3.67. The van der Waals surface area contributed by atoms with Gasteiger partial charge in [-0.3, -0.25) is 4.79 Å². The van der Waals surface area contributed by atoms with E-state index in [2.05, 4.69) is 4.98 Å². The van der Waals surface area contributed by atoms with Crippen molar-refractivity contribution in [2.75, 3.05) is 13.6 Å². The van der Waals surface area contributed by atoms with E-state index >= 15 is 0 Å². The minimum absolute atomic E-state index is 0.0461. The third-order valence-corrected chi connectivity index (χ3v) is 4.59. The molecule has 3 rings (SSSR count). The van der Waals surface area contributed by atoms with E-state index in [1.54, 1.807) is 23.2 Å². The Kier molecular flexibility index (Phi) is 4.01. The lowest BCUT2D eigenvalue weighted by Crippen LogP contribution is -2.28. The van der Waals surface area contributed by atoms with Gasteiger partial charge in [-0.25, -0.2) is 9.37 Å². The molecule has 1 amide bonds. The number of amides is 1. The van der Waals surface area contributed by atoms with Crippen molar-refractivity contribution in [3.63, 3.8) is 0 Å². The summed E-state index contributed by atoms with van der Waals surface area (Å²) < 4.78 is 12.9. The van der Waals surface area contributed by atoms with Crippen LogP contribution < -0.4 is 0 Å². The van der Waals surface area contributed by atoms with Gasteiger partial charge in [0.05, 0.1) is 11.2 Å². The van der Waals surface area contributed by atoms with Crippen molar-refractivity contribution in [2.24, 2.45) is 5.92 Å². The Hall–Kier alpha value is -1.75. The van der Waals surface area contributed by atoms with E-state index in [9.17, 15) is 9.18 Å². The van der Waals surface area contributed by atoms with Crippen LogP contribution in [0.15, 0.2) is 30.5 Å². The number of nitrogens with zero attached hydrogens (tertiary/aromatic N) is 2. The van der Waals surface area contributed by atoms with E-state index < -0.39 is 0 Å². The Balaban J connectivity index is 1.64. The average molecular weight is 304 g/mol. The van der Waals surface area contributed by atoms with Crippen LogP contribution in [0.25, 0.3) is 0 Å². The largest absolute Gasteiger partial charge is 0.341 e. The number of carbonyl (C=O) groups excluding carboxylic acids is 1. The molecular weight excluding hydrogens is 287 g/mol. The van der Waals surface area contributed by atoms with Crippen molar-refractivity contribution < 1.29 is 9.18 Å². The van der Waals surface area contributed by atoms with Crippen LogP contribution in [0.4, 0.5) is 4.39 Å². The molecule has 1 aliphatic rings. The second-order valence-corrected chi connectivity index (χ2v) is 6.67. The van der Waals surface area contributed by atoms with Crippen molar-refractivity contribution >= 4 is 17.2 Å². The van der Waals surface area contributed by atoms with E-state index in [1.807, 2.05) is 7.05 Å². The smallest absolute Gasteiger partial charge is 0.265 e. The van der Waals surface area contributed by atoms with Crippen molar-refractivity contribution in [3.05, 3.63) is 51.7 Å². The van der Waals surface area contributed by atoms with Gasteiger partial charge in [-0.1, -0.05) is 12.1 Å². The number of hydrogen-bond donors (Lipinski definition) is 0. The third-order valence-electron chi connectivity index (χ3n) is 3.61. The summed E-state index contributed by atoms with van der Waals surface area (Å²) in [5.41, 5.74) is 0.996. The van der Waals surface area contributed by atoms with Crippen molar-refractivity contribution in [1.82, 2.24) is 9.88 Å². The Labute approximate surface area is 127 Å². The topological polar surface area (TPSA) is 33.2 Å². The first-order chi connectivity index (χ1) is 10.1. The Morgan fingerprint density at radius 1 is 1.38 bits per heavy atom. The molecule has 0 unspecified atom stereocenters. The van der Waals surface area contributed by atoms with Gasteiger partial charge in [-0.2, -0.15) is 0 Å². The molecular formula is C16H17FN2OS. The first-order valence-corrected chi connectivity index (χ1v) is 7.88. The quantitative estimate of drug-likeness (QED) is 0.848. The number of halogens is 1. The Morgan fingerprint density at radius 2 is 2.10 bits per heavy atom. The molecule has 1 saturated carbocycles. The summed E-state index contributed by atoms with van der Waals surface area (Å²) in [5.74, 6) is 0.491. The van der Waals surface area contributed by atoms with Crippen LogP contribution in [-0.4, -0.2) is 29.4 Å². The highest BCUT2D eigenvalue weighted by Crippen LogP contribution is 2.30. The van der Waals surface area contributed by atoms with Crippen molar-refractivity contribution in [1.29, 1.82) is 0 Å². The zero-order valence-electron chi connectivity index (χ0n) is 11.9. The molecule has 1 aromatic carbocycles. The summed E-state index contributed by atoms with van der Waals surface area (Å²) in [5, 5.41) is 0.879. The molecule has 1 aromatic heterocycles. The van der Waals surface area contributed by atoms with Crippen molar-refractivity contribution in [2.45, 2.75) is 19.3 Å². The van der Waals surface area contributed by atoms with E-state index in [4.69, 9.17) is 0 Å². The van der Waals surface area contributed by atoms with Gasteiger partial charge >= 0.3 is 0 Å². The second kappa shape index (κ2) is 5.93. The summed E-state index contributed by atoms with van der Waals surface area (Å²) >= 11 is 1.42. The highest BCUT2D eigenvalue weighted by Gasteiger charge is 2.26. The second-order valence-electron chi connectivity index (χ2n) is 5.55. The molecule has 0 N–H and O–H groups in total. The summed E-state index contributed by atoms with van der Waals surface area (Å²) in [6, 6.07) is 6.38. The molecule has 21 heavy (non-hydrogen) atoms. The first-order valence-electron chi connectivity index (χ1n) is 7.06. The van der Waals surface area contributed by atoms with Gasteiger partial charge in [-0.15, -0.1) is 11.3 Å². The van der Waals surface area contributed by atoms with E-state index in [0.29, 0.717) is 17.2 Å². The summed E-state index contributed by atoms with van der Waals surface area (Å²) in [7, 11) is 1.85. The number of hydrogen-bond acceptors (Lipinski definition) is 3. The van der Waals surface area contributed by atoms with Crippen LogP contribution in [0.3, 0.4) is 0 Å². The SMILES string of the molecule is CN(CC1CC1)C(=O)c1cnc(Cc2ccc(F)cc2)s1. The zero-order chi connectivity index (χ0) is 14.8. The molecule has 0 bridgehead atoms. The molecule has 0 atom stereocenters. The molecule has 0 radical (unpaired) electrons. The minimum atomic E-state index is -0.240. The highest BCUT2D eigenvalue weighted by atomic mass is 32.1. The standard InChI is InChI=1S/C16H17FN2OS/c1-19(10-12-2-3-12)16(20)14-9-18-15(21-14)8-11-4-6-13(17)7-5-11/h4-7,9,12H,2-3,8,10H2,1H3. The van der Waals surface area contributed by atoms with Gasteiger partial charge in [-0.05, 0) is 36.5 Å². The number of thiazole rings is 1. The molecule has 1 heterocycles. The maximum Gasteiger partial charge on any atom is 0.265 e. The van der Waals surface area contributed by atoms with Gasteiger partial charge in [0.1, 0.15) is 10.7 Å². The number of benzene rings is 1. The predicted molar refractivity (Wildman–Crippen MR) is 81.0 cm³/mol. The monoisotopic (exact) mass is 304 g/mol. The first kappa shape index (κ1) is 14.2. The molecule has 2 aromatic rings. The lowest BCUT2D eigenvalue weighted by molar-refractivity contribution is 0.0793. The molecule has 0 saturated heterocycles. The van der Waals surface area contributed by atoms with Crippen LogP contribution in [0.5, 0.6) is 0 Å². The maximum absolute atomic E-state index is 12.9. The summed E-state index contributed by atoms with van der Waals surface area (Å²) in [4.78, 5) is 19.0. The normalized spacial score (nSPS) is 14.2. The van der Waals surface area contributed by atoms with E-state index in [0.717, 1.165) is 17.1 Å². The Morgan fingerprint density at radius 3 is 2.76 bits per heavy atom. The molecule has 0 spiro atoms. The minimum Gasteiger partial charge on any atom is -0.341 e. The van der Waals surface area contributed by atoms with E-state index in [-0.39, 0.29) is 11.7 Å². The summed E-state index contributed by atoms with van der Waals surface area (Å²) in [6.07, 6.45) is 4.74. The molecule has 1 fully saturated rings. The van der Waals surface area contributed by atoms with Crippen molar-refractivity contribution in [3.8, 4) is 0 Å². The van der Waals surface area contributed by atoms with Crippen LogP contribution in [0, 0.1) is 11.7 Å². The maximum atomic E-state index is 12.9. The van der Waals surface area contributed by atoms with Gasteiger partial charge < -0.3 is 4.90 Å². The predicted octanol–water partition coefficient (Wildman–Crippen LogP) is 3.36. The molecule has 3 nitrogen and oxygen atoms in total. The summed E-state index contributed by atoms with van der Waals surface area (Å²) in [6.45, 7) is 0.837. The average Bonchev–Trinajstić information content (AvgIpc) is 3.16. The van der Waals surface area contributed by atoms with Gasteiger partial charge in [0.25, 0.3) is 5.91 Å². The van der Waals surface area contributed by atoms with E-state index in [1.165, 1.54) is 36.3 Å². The van der Waals surface area contributed by atoms with Crippen LogP contribution in [0.1, 0.15) is 33.1 Å². The van der Waals surface area contributed by atoms with Gasteiger partial charge in [0.15, 0.2) is 0 Å². The lowest BCUT2D eigenvalue weighted by atomic mass is 10.2. The molecule has 110 valence electrons. The van der Waals surface area contributed by atoms with Crippen LogP contribution in [0.2, 0.25) is 0 Å². The molecule has 1 aliphatic carbocycles. The molecule has 5 heteroatoms.